The predicted octanol–water partition coefficient (Wildman–Crippen LogP) is 2.66. The topological polar surface area (TPSA) is 78.5 Å². The minimum absolute atomic E-state index is 0.0118. The number of amides is 3. The van der Waals surface area contributed by atoms with Crippen molar-refractivity contribution in [3.63, 3.8) is 0 Å². The standard InChI is InChI=1S/C20H29N3O3/c1-4-10-21-19(25)15-8-11-23(12-9-15)20(26)16-6-5-7-17(13-16)22-18(24)14(2)3/h5-7,13-15H,4,8-12H2,1-3H3,(H,21,25)(H,22,24). The Balaban J connectivity index is 1.94. The second kappa shape index (κ2) is 9.36. The first kappa shape index (κ1) is 19.9. The molecule has 2 N–H and O–H groups in total. The number of hydrogen-bond donors (Lipinski definition) is 2. The Morgan fingerprint density at radius 3 is 2.50 bits per heavy atom. The SMILES string of the molecule is CCCNC(=O)C1CCN(C(=O)c2cccc(NC(=O)C(C)C)c2)CC1. The third kappa shape index (κ3) is 5.31. The number of carbonyl (C=O) groups excluding carboxylic acids is 3. The minimum atomic E-state index is -0.118. The maximum absolute atomic E-state index is 12.7. The van der Waals surface area contributed by atoms with Crippen molar-refractivity contribution in [2.45, 2.75) is 40.0 Å². The molecule has 0 aromatic heterocycles. The summed E-state index contributed by atoms with van der Waals surface area (Å²) >= 11 is 0. The first-order valence-electron chi connectivity index (χ1n) is 9.40. The second-order valence-corrected chi connectivity index (χ2v) is 7.08. The number of piperidine rings is 1. The molecular formula is C20H29N3O3. The maximum Gasteiger partial charge on any atom is 0.253 e. The average molecular weight is 359 g/mol. The summed E-state index contributed by atoms with van der Waals surface area (Å²) in [6.07, 6.45) is 2.29. The van der Waals surface area contributed by atoms with E-state index in [2.05, 4.69) is 10.6 Å². The van der Waals surface area contributed by atoms with E-state index in [-0.39, 0.29) is 29.6 Å². The van der Waals surface area contributed by atoms with E-state index >= 15 is 0 Å². The van der Waals surface area contributed by atoms with E-state index in [9.17, 15) is 14.4 Å². The van der Waals surface area contributed by atoms with Gasteiger partial charge in [0.05, 0.1) is 0 Å². The van der Waals surface area contributed by atoms with Crippen LogP contribution in [0.25, 0.3) is 0 Å². The fourth-order valence-electron chi connectivity index (χ4n) is 2.94. The highest BCUT2D eigenvalue weighted by Gasteiger charge is 2.27. The fraction of sp³-hybridized carbons (Fsp3) is 0.550. The molecule has 0 atom stereocenters. The molecule has 0 radical (unpaired) electrons. The zero-order valence-electron chi connectivity index (χ0n) is 15.9. The molecule has 0 saturated carbocycles. The van der Waals surface area contributed by atoms with Gasteiger partial charge >= 0.3 is 0 Å². The molecular weight excluding hydrogens is 330 g/mol. The lowest BCUT2D eigenvalue weighted by Gasteiger charge is -2.31. The molecule has 1 aliphatic rings. The summed E-state index contributed by atoms with van der Waals surface area (Å²) in [5.41, 5.74) is 1.18. The molecule has 1 aliphatic heterocycles. The highest BCUT2D eigenvalue weighted by atomic mass is 16.2. The fourth-order valence-corrected chi connectivity index (χ4v) is 2.94. The van der Waals surface area contributed by atoms with Crippen molar-refractivity contribution in [1.29, 1.82) is 0 Å². The molecule has 1 heterocycles. The van der Waals surface area contributed by atoms with Crippen molar-refractivity contribution in [1.82, 2.24) is 10.2 Å². The number of likely N-dealkylation sites (tertiary alicyclic amines) is 1. The zero-order valence-corrected chi connectivity index (χ0v) is 15.9. The van der Waals surface area contributed by atoms with Crippen molar-refractivity contribution in [2.75, 3.05) is 25.0 Å². The van der Waals surface area contributed by atoms with E-state index in [0.29, 0.717) is 43.7 Å². The zero-order chi connectivity index (χ0) is 19.1. The molecule has 1 saturated heterocycles. The van der Waals surface area contributed by atoms with Gasteiger partial charge < -0.3 is 15.5 Å². The van der Waals surface area contributed by atoms with Gasteiger partial charge in [-0.3, -0.25) is 14.4 Å². The molecule has 1 aromatic rings. The molecule has 2 rings (SSSR count). The van der Waals surface area contributed by atoms with E-state index in [0.717, 1.165) is 6.42 Å². The highest BCUT2D eigenvalue weighted by molar-refractivity contribution is 5.97. The van der Waals surface area contributed by atoms with Gasteiger partial charge in [-0.2, -0.15) is 0 Å². The van der Waals surface area contributed by atoms with Crippen LogP contribution >= 0.6 is 0 Å². The first-order chi connectivity index (χ1) is 12.4. The van der Waals surface area contributed by atoms with E-state index < -0.39 is 0 Å². The quantitative estimate of drug-likeness (QED) is 0.820. The third-order valence-electron chi connectivity index (χ3n) is 4.60. The molecule has 1 aromatic carbocycles. The van der Waals surface area contributed by atoms with E-state index in [4.69, 9.17) is 0 Å². The highest BCUT2D eigenvalue weighted by Crippen LogP contribution is 2.20. The molecule has 6 heteroatoms. The molecule has 0 unspecified atom stereocenters. The van der Waals surface area contributed by atoms with Gasteiger partial charge in [0.1, 0.15) is 0 Å². The number of hydrogen-bond acceptors (Lipinski definition) is 3. The van der Waals surface area contributed by atoms with Crippen LogP contribution in [0.3, 0.4) is 0 Å². The van der Waals surface area contributed by atoms with Gasteiger partial charge in [-0.05, 0) is 37.5 Å². The average Bonchev–Trinajstić information content (AvgIpc) is 2.65. The van der Waals surface area contributed by atoms with Gasteiger partial charge in [0.25, 0.3) is 5.91 Å². The van der Waals surface area contributed by atoms with Crippen molar-refractivity contribution >= 4 is 23.4 Å². The summed E-state index contributed by atoms with van der Waals surface area (Å²) in [5.74, 6) is -0.168. The summed E-state index contributed by atoms with van der Waals surface area (Å²) < 4.78 is 0. The summed E-state index contributed by atoms with van der Waals surface area (Å²) in [6, 6.07) is 7.02. The Morgan fingerprint density at radius 2 is 1.88 bits per heavy atom. The van der Waals surface area contributed by atoms with Crippen LogP contribution in [-0.2, 0) is 9.59 Å². The van der Waals surface area contributed by atoms with Crippen LogP contribution in [-0.4, -0.2) is 42.3 Å². The van der Waals surface area contributed by atoms with Crippen LogP contribution in [0.1, 0.15) is 50.4 Å². The lowest BCUT2D eigenvalue weighted by Crippen LogP contribution is -2.43. The monoisotopic (exact) mass is 359 g/mol. The van der Waals surface area contributed by atoms with Crippen LogP contribution in [0.2, 0.25) is 0 Å². The van der Waals surface area contributed by atoms with E-state index in [1.165, 1.54) is 0 Å². The van der Waals surface area contributed by atoms with Gasteiger partial charge in [-0.15, -0.1) is 0 Å². The Labute approximate surface area is 155 Å². The van der Waals surface area contributed by atoms with Gasteiger partial charge in [0.15, 0.2) is 0 Å². The number of anilines is 1. The number of carbonyl (C=O) groups is 3. The summed E-state index contributed by atoms with van der Waals surface area (Å²) in [7, 11) is 0. The lowest BCUT2D eigenvalue weighted by molar-refractivity contribution is -0.126. The predicted molar refractivity (Wildman–Crippen MR) is 102 cm³/mol. The van der Waals surface area contributed by atoms with E-state index in [1.807, 2.05) is 20.8 Å². The molecule has 26 heavy (non-hydrogen) atoms. The van der Waals surface area contributed by atoms with Crippen LogP contribution in [0, 0.1) is 11.8 Å². The number of rotatable bonds is 6. The molecule has 0 spiro atoms. The summed E-state index contributed by atoms with van der Waals surface area (Å²) in [5, 5.41) is 5.75. The van der Waals surface area contributed by atoms with Crippen molar-refractivity contribution in [3.8, 4) is 0 Å². The molecule has 3 amide bonds. The Kier molecular flexibility index (Phi) is 7.18. The number of nitrogens with one attached hydrogen (secondary N) is 2. The van der Waals surface area contributed by atoms with Gasteiger partial charge in [-0.1, -0.05) is 26.8 Å². The van der Waals surface area contributed by atoms with Crippen LogP contribution in [0.4, 0.5) is 5.69 Å². The Hall–Kier alpha value is -2.37. The summed E-state index contributed by atoms with van der Waals surface area (Å²) in [6.45, 7) is 7.53. The molecule has 0 aliphatic carbocycles. The molecule has 0 bridgehead atoms. The molecule has 1 fully saturated rings. The second-order valence-electron chi connectivity index (χ2n) is 7.08. The maximum atomic E-state index is 12.7. The lowest BCUT2D eigenvalue weighted by atomic mass is 9.95. The first-order valence-corrected chi connectivity index (χ1v) is 9.40. The minimum Gasteiger partial charge on any atom is -0.356 e. The number of benzene rings is 1. The van der Waals surface area contributed by atoms with Crippen molar-refractivity contribution < 1.29 is 14.4 Å². The normalized spacial score (nSPS) is 15.0. The number of nitrogens with zero attached hydrogens (tertiary/aromatic N) is 1. The Bertz CT molecular complexity index is 649. The van der Waals surface area contributed by atoms with Crippen LogP contribution < -0.4 is 10.6 Å². The largest absolute Gasteiger partial charge is 0.356 e. The smallest absolute Gasteiger partial charge is 0.253 e. The van der Waals surface area contributed by atoms with Gasteiger partial charge in [0.2, 0.25) is 11.8 Å². The van der Waals surface area contributed by atoms with Crippen molar-refractivity contribution in [2.24, 2.45) is 11.8 Å². The van der Waals surface area contributed by atoms with Crippen LogP contribution in [0.5, 0.6) is 0 Å². The molecule has 6 nitrogen and oxygen atoms in total. The molecule has 142 valence electrons. The van der Waals surface area contributed by atoms with Crippen LogP contribution in [0.15, 0.2) is 24.3 Å². The van der Waals surface area contributed by atoms with E-state index in [1.54, 1.807) is 29.2 Å². The van der Waals surface area contributed by atoms with Gasteiger partial charge in [0, 0.05) is 42.7 Å². The third-order valence-corrected chi connectivity index (χ3v) is 4.60. The van der Waals surface area contributed by atoms with Crippen molar-refractivity contribution in [3.05, 3.63) is 29.8 Å². The van der Waals surface area contributed by atoms with Gasteiger partial charge in [-0.25, -0.2) is 0 Å². The Morgan fingerprint density at radius 1 is 1.19 bits per heavy atom. The summed E-state index contributed by atoms with van der Waals surface area (Å²) in [4.78, 5) is 38.4.